The zero-order valence-corrected chi connectivity index (χ0v) is 10.4. The van der Waals surface area contributed by atoms with Gasteiger partial charge in [-0.2, -0.15) is 4.31 Å². The van der Waals surface area contributed by atoms with Gasteiger partial charge in [-0.1, -0.05) is 6.92 Å². The maximum absolute atomic E-state index is 11.8. The standard InChI is InChI=1S/C10H18N2O3S/c1-2-7-16(14,15)11-5-6-12(9-3-4-9)10(13)8-11/h9H,2-8H2,1H3. The molecule has 5 nitrogen and oxygen atoms in total. The molecule has 1 aliphatic heterocycles. The van der Waals surface area contributed by atoms with Crippen molar-refractivity contribution in [3.05, 3.63) is 0 Å². The number of hydrogen-bond donors (Lipinski definition) is 0. The van der Waals surface area contributed by atoms with E-state index in [4.69, 9.17) is 0 Å². The molecule has 0 spiro atoms. The molecule has 0 unspecified atom stereocenters. The maximum Gasteiger partial charge on any atom is 0.238 e. The van der Waals surface area contributed by atoms with Crippen LogP contribution in [-0.2, 0) is 14.8 Å². The summed E-state index contributed by atoms with van der Waals surface area (Å²) in [5.41, 5.74) is 0. The number of rotatable bonds is 4. The molecule has 1 amide bonds. The third-order valence-corrected chi connectivity index (χ3v) is 5.09. The number of carbonyl (C=O) groups excluding carboxylic acids is 1. The number of piperazine rings is 1. The molecule has 2 aliphatic rings. The summed E-state index contributed by atoms with van der Waals surface area (Å²) >= 11 is 0. The lowest BCUT2D eigenvalue weighted by atomic mass is 10.3. The Bertz CT molecular complexity index is 376. The molecule has 1 saturated carbocycles. The first-order valence-corrected chi connectivity index (χ1v) is 7.43. The summed E-state index contributed by atoms with van der Waals surface area (Å²) in [6.07, 6.45) is 2.75. The highest BCUT2D eigenvalue weighted by molar-refractivity contribution is 7.89. The van der Waals surface area contributed by atoms with Gasteiger partial charge < -0.3 is 4.90 Å². The fraction of sp³-hybridized carbons (Fsp3) is 0.900. The van der Waals surface area contributed by atoms with Crippen molar-refractivity contribution in [2.45, 2.75) is 32.2 Å². The van der Waals surface area contributed by atoms with Crippen LogP contribution in [0.3, 0.4) is 0 Å². The average Bonchev–Trinajstić information content (AvgIpc) is 3.01. The quantitative estimate of drug-likeness (QED) is 0.703. The normalized spacial score (nSPS) is 23.8. The predicted octanol–water partition coefficient (Wildman–Crippen LogP) is 0.0328. The monoisotopic (exact) mass is 246 g/mol. The number of hydrogen-bond acceptors (Lipinski definition) is 3. The molecular weight excluding hydrogens is 228 g/mol. The first-order valence-electron chi connectivity index (χ1n) is 5.82. The van der Waals surface area contributed by atoms with Crippen LogP contribution in [0.1, 0.15) is 26.2 Å². The van der Waals surface area contributed by atoms with Crippen molar-refractivity contribution in [2.75, 3.05) is 25.4 Å². The lowest BCUT2D eigenvalue weighted by Crippen LogP contribution is -2.53. The Morgan fingerprint density at radius 1 is 1.31 bits per heavy atom. The Kier molecular flexibility index (Phi) is 3.21. The number of nitrogens with zero attached hydrogens (tertiary/aromatic N) is 2. The van der Waals surface area contributed by atoms with Gasteiger partial charge in [-0.3, -0.25) is 4.79 Å². The van der Waals surface area contributed by atoms with E-state index in [1.54, 1.807) is 0 Å². The van der Waals surface area contributed by atoms with Gasteiger partial charge in [0.25, 0.3) is 0 Å². The van der Waals surface area contributed by atoms with Gasteiger partial charge in [0.1, 0.15) is 0 Å². The first kappa shape index (κ1) is 11.9. The lowest BCUT2D eigenvalue weighted by Gasteiger charge is -2.33. The van der Waals surface area contributed by atoms with Crippen LogP contribution < -0.4 is 0 Å². The molecule has 0 aromatic carbocycles. The van der Waals surface area contributed by atoms with Crippen molar-refractivity contribution in [2.24, 2.45) is 0 Å². The minimum atomic E-state index is -3.21. The third-order valence-electron chi connectivity index (χ3n) is 3.07. The van der Waals surface area contributed by atoms with E-state index in [9.17, 15) is 13.2 Å². The Morgan fingerprint density at radius 2 is 2.00 bits per heavy atom. The smallest absolute Gasteiger partial charge is 0.238 e. The number of amides is 1. The highest BCUT2D eigenvalue weighted by atomic mass is 32.2. The summed E-state index contributed by atoms with van der Waals surface area (Å²) in [5, 5.41) is 0. The fourth-order valence-corrected chi connectivity index (χ4v) is 3.50. The number of sulfonamides is 1. The van der Waals surface area contributed by atoms with Crippen molar-refractivity contribution < 1.29 is 13.2 Å². The highest BCUT2D eigenvalue weighted by Gasteiger charge is 2.38. The predicted molar refractivity (Wildman–Crippen MR) is 60.4 cm³/mol. The van der Waals surface area contributed by atoms with Gasteiger partial charge in [0.15, 0.2) is 0 Å². The van der Waals surface area contributed by atoms with Crippen LogP contribution in [0, 0.1) is 0 Å². The van der Waals surface area contributed by atoms with Crippen LogP contribution in [0.2, 0.25) is 0 Å². The van der Waals surface area contributed by atoms with Crippen molar-refractivity contribution in [3.8, 4) is 0 Å². The van der Waals surface area contributed by atoms with E-state index in [-0.39, 0.29) is 18.2 Å². The first-order chi connectivity index (χ1) is 7.54. The van der Waals surface area contributed by atoms with Crippen molar-refractivity contribution in [1.82, 2.24) is 9.21 Å². The molecule has 2 rings (SSSR count). The van der Waals surface area contributed by atoms with Crippen molar-refractivity contribution >= 4 is 15.9 Å². The second-order valence-electron chi connectivity index (χ2n) is 4.47. The van der Waals surface area contributed by atoms with Crippen molar-refractivity contribution in [3.63, 3.8) is 0 Å². The van der Waals surface area contributed by atoms with E-state index in [1.807, 2.05) is 11.8 Å². The number of carbonyl (C=O) groups is 1. The van der Waals surface area contributed by atoms with Crippen LogP contribution in [0.5, 0.6) is 0 Å². The van der Waals surface area contributed by atoms with Gasteiger partial charge in [-0.15, -0.1) is 0 Å². The van der Waals surface area contributed by atoms with Crippen LogP contribution in [0.25, 0.3) is 0 Å². The topological polar surface area (TPSA) is 57.7 Å². The molecule has 0 atom stereocenters. The van der Waals surface area contributed by atoms with E-state index in [1.165, 1.54) is 4.31 Å². The fourth-order valence-electron chi connectivity index (χ4n) is 2.06. The average molecular weight is 246 g/mol. The molecule has 0 N–H and O–H groups in total. The maximum atomic E-state index is 11.8. The molecule has 2 fully saturated rings. The molecule has 0 aromatic heterocycles. The summed E-state index contributed by atoms with van der Waals surface area (Å²) in [4.78, 5) is 13.6. The van der Waals surface area contributed by atoms with Gasteiger partial charge in [-0.25, -0.2) is 8.42 Å². The van der Waals surface area contributed by atoms with E-state index < -0.39 is 10.0 Å². The highest BCUT2D eigenvalue weighted by Crippen LogP contribution is 2.28. The molecule has 16 heavy (non-hydrogen) atoms. The van der Waals surface area contributed by atoms with E-state index in [0.717, 1.165) is 12.8 Å². The van der Waals surface area contributed by atoms with E-state index in [0.29, 0.717) is 25.6 Å². The molecule has 1 heterocycles. The summed E-state index contributed by atoms with van der Waals surface area (Å²) in [6, 6.07) is 0.392. The van der Waals surface area contributed by atoms with Crippen LogP contribution in [0.15, 0.2) is 0 Å². The van der Waals surface area contributed by atoms with E-state index in [2.05, 4.69) is 0 Å². The van der Waals surface area contributed by atoms with Crippen LogP contribution in [-0.4, -0.2) is 55.0 Å². The lowest BCUT2D eigenvalue weighted by molar-refractivity contribution is -0.134. The minimum absolute atomic E-state index is 0.0339. The summed E-state index contributed by atoms with van der Waals surface area (Å²) in [5.74, 6) is 0.109. The zero-order chi connectivity index (χ0) is 11.8. The Labute approximate surface area is 96.5 Å². The molecule has 1 saturated heterocycles. The summed E-state index contributed by atoms with van der Waals surface area (Å²) < 4.78 is 24.9. The molecule has 0 radical (unpaired) electrons. The Morgan fingerprint density at radius 3 is 2.50 bits per heavy atom. The molecule has 92 valence electrons. The van der Waals surface area contributed by atoms with Gasteiger partial charge in [0.2, 0.25) is 15.9 Å². The van der Waals surface area contributed by atoms with Gasteiger partial charge >= 0.3 is 0 Å². The minimum Gasteiger partial charge on any atom is -0.337 e. The zero-order valence-electron chi connectivity index (χ0n) is 9.55. The Balaban J connectivity index is 1.98. The Hall–Kier alpha value is -0.620. The molecule has 0 bridgehead atoms. The summed E-state index contributed by atoms with van der Waals surface area (Å²) in [6.45, 7) is 2.90. The second kappa shape index (κ2) is 4.33. The SMILES string of the molecule is CCCS(=O)(=O)N1CCN(C2CC2)C(=O)C1. The molecule has 6 heteroatoms. The van der Waals surface area contributed by atoms with Gasteiger partial charge in [-0.05, 0) is 19.3 Å². The molecule has 1 aliphatic carbocycles. The summed E-state index contributed by atoms with van der Waals surface area (Å²) in [7, 11) is -3.21. The van der Waals surface area contributed by atoms with Crippen LogP contribution in [0.4, 0.5) is 0 Å². The second-order valence-corrected chi connectivity index (χ2v) is 6.56. The van der Waals surface area contributed by atoms with Crippen LogP contribution >= 0.6 is 0 Å². The van der Waals surface area contributed by atoms with E-state index >= 15 is 0 Å². The molecule has 0 aromatic rings. The third kappa shape index (κ3) is 2.38. The molecular formula is C10H18N2O3S. The van der Waals surface area contributed by atoms with Crippen molar-refractivity contribution in [1.29, 1.82) is 0 Å². The largest absolute Gasteiger partial charge is 0.337 e. The van der Waals surface area contributed by atoms with Gasteiger partial charge in [0, 0.05) is 19.1 Å². The van der Waals surface area contributed by atoms with Gasteiger partial charge in [0.05, 0.1) is 12.3 Å².